The molecule has 1 saturated carbocycles. The molecular weight excluding hydrogens is 430 g/mol. The number of allylic oxidation sites excluding steroid dienone is 1. The van der Waals surface area contributed by atoms with Crippen molar-refractivity contribution in [3.63, 3.8) is 0 Å². The van der Waals surface area contributed by atoms with E-state index in [-0.39, 0.29) is 35.4 Å². The summed E-state index contributed by atoms with van der Waals surface area (Å²) in [4.78, 5) is 12.6. The topological polar surface area (TPSA) is 86.6 Å². The van der Waals surface area contributed by atoms with E-state index in [0.717, 1.165) is 18.4 Å². The van der Waals surface area contributed by atoms with E-state index >= 15 is 0 Å². The molecule has 4 rings (SSSR count). The van der Waals surface area contributed by atoms with Gasteiger partial charge in [-0.2, -0.15) is 0 Å². The van der Waals surface area contributed by atoms with Gasteiger partial charge >= 0.3 is 5.97 Å². The van der Waals surface area contributed by atoms with Crippen LogP contribution in [0.5, 0.6) is 0 Å². The van der Waals surface area contributed by atoms with E-state index in [1.165, 1.54) is 11.6 Å². The Morgan fingerprint density at radius 1 is 1.38 bits per heavy atom. The molecule has 1 aliphatic carbocycles. The number of methoxy groups -OCH3 is 1. The summed E-state index contributed by atoms with van der Waals surface area (Å²) < 4.78 is 23.9. The van der Waals surface area contributed by atoms with E-state index in [2.05, 4.69) is 26.8 Å². The van der Waals surface area contributed by atoms with Gasteiger partial charge in [-0.3, -0.25) is 0 Å². The zero-order valence-electron chi connectivity index (χ0n) is 19.1. The lowest BCUT2D eigenvalue weighted by molar-refractivity contribution is -0.166. The van der Waals surface area contributed by atoms with E-state index in [4.69, 9.17) is 36.3 Å². The lowest BCUT2D eigenvalue weighted by Crippen LogP contribution is -2.55. The Morgan fingerprint density at radius 3 is 2.75 bits per heavy atom. The first kappa shape index (κ1) is 23.3. The minimum Gasteiger partial charge on any atom is -0.456 e. The van der Waals surface area contributed by atoms with Crippen LogP contribution in [0.25, 0.3) is 6.08 Å². The summed E-state index contributed by atoms with van der Waals surface area (Å²) in [5.74, 6) is -0.415. The van der Waals surface area contributed by atoms with Crippen molar-refractivity contribution in [2.24, 2.45) is 5.92 Å². The number of carbonyl (C=O) groups is 1. The molecule has 0 unspecified atom stereocenters. The normalized spacial score (nSPS) is 35.7. The zero-order valence-corrected chi connectivity index (χ0v) is 19.9. The number of hydrogen-bond acceptors (Lipinski definition) is 6. The molecule has 1 spiro atoms. The number of halogens is 1. The predicted octanol–water partition coefficient (Wildman–Crippen LogP) is 4.56. The monoisotopic (exact) mass is 461 g/mol. The minimum atomic E-state index is -0.417. The van der Waals surface area contributed by atoms with Gasteiger partial charge in [-0.25, -0.2) is 4.79 Å². The highest BCUT2D eigenvalue weighted by atomic mass is 35.5. The highest BCUT2D eigenvalue weighted by Crippen LogP contribution is 2.59. The Hall–Kier alpha value is -1.86. The molecule has 0 radical (unpaired) electrons. The fourth-order valence-corrected chi connectivity index (χ4v) is 5.26. The summed E-state index contributed by atoms with van der Waals surface area (Å²) in [5.41, 5.74) is 7.68. The molecule has 6 atom stereocenters. The van der Waals surface area contributed by atoms with Gasteiger partial charge < -0.3 is 24.7 Å². The van der Waals surface area contributed by atoms with E-state index in [1.807, 2.05) is 0 Å². The zero-order chi connectivity index (χ0) is 23.1. The van der Waals surface area contributed by atoms with Gasteiger partial charge in [0.2, 0.25) is 0 Å². The Morgan fingerprint density at radius 2 is 2.12 bits per heavy atom. The van der Waals surface area contributed by atoms with E-state index in [1.54, 1.807) is 31.4 Å². The maximum Gasteiger partial charge on any atom is 0.331 e. The molecule has 0 amide bonds. The van der Waals surface area contributed by atoms with E-state index < -0.39 is 5.97 Å². The number of carbonyl (C=O) groups excluding carboxylic acids is 1. The largest absolute Gasteiger partial charge is 0.456 e. The first-order valence-electron chi connectivity index (χ1n) is 11.1. The second kappa shape index (κ2) is 8.82. The van der Waals surface area contributed by atoms with Crippen molar-refractivity contribution in [1.29, 1.82) is 0 Å². The Balaban J connectivity index is 1.45. The maximum atomic E-state index is 12.6. The average molecular weight is 462 g/mol. The molecule has 0 aromatic heterocycles. The molecule has 2 saturated heterocycles. The molecule has 7 heteroatoms. The number of anilines is 1. The van der Waals surface area contributed by atoms with Gasteiger partial charge in [0, 0.05) is 13.2 Å². The van der Waals surface area contributed by atoms with Crippen LogP contribution in [0.4, 0.5) is 5.69 Å². The van der Waals surface area contributed by atoms with Crippen LogP contribution in [0, 0.1) is 5.92 Å². The molecule has 2 aliphatic heterocycles. The summed E-state index contributed by atoms with van der Waals surface area (Å²) in [6.45, 7) is 7.01. The van der Waals surface area contributed by atoms with Crippen molar-refractivity contribution >= 4 is 29.3 Å². The quantitative estimate of drug-likeness (QED) is 0.211. The first-order valence-corrected chi connectivity index (χ1v) is 11.5. The number of epoxide rings is 2. The number of rotatable bonds is 7. The molecule has 2 N–H and O–H groups in total. The SMILES string of the molecule is CO[C@@H]1[C@H](OC(=O)/C=C/c2ccc(N)c(Cl)c2)CC[C@]2(CO2)[C@H]1[C@@]1(C)O[C@@H]1CC=C(C)C. The highest BCUT2D eigenvalue weighted by Gasteiger charge is 2.72. The van der Waals surface area contributed by atoms with Gasteiger partial charge in [-0.15, -0.1) is 0 Å². The maximum absolute atomic E-state index is 12.6. The predicted molar refractivity (Wildman–Crippen MR) is 124 cm³/mol. The summed E-state index contributed by atoms with van der Waals surface area (Å²) >= 11 is 6.05. The van der Waals surface area contributed by atoms with Crippen molar-refractivity contribution in [2.75, 3.05) is 19.5 Å². The Labute approximate surface area is 194 Å². The van der Waals surface area contributed by atoms with Crippen LogP contribution in [0.15, 0.2) is 35.9 Å². The van der Waals surface area contributed by atoms with Crippen LogP contribution in [0.2, 0.25) is 5.02 Å². The molecule has 32 heavy (non-hydrogen) atoms. The summed E-state index contributed by atoms with van der Waals surface area (Å²) in [7, 11) is 1.67. The number of esters is 1. The van der Waals surface area contributed by atoms with Gasteiger partial charge in [0.1, 0.15) is 23.4 Å². The number of hydrogen-bond donors (Lipinski definition) is 1. The van der Waals surface area contributed by atoms with Crippen molar-refractivity contribution in [1.82, 2.24) is 0 Å². The highest BCUT2D eigenvalue weighted by molar-refractivity contribution is 6.33. The molecule has 2 heterocycles. The fraction of sp³-hybridized carbons (Fsp3) is 0.560. The van der Waals surface area contributed by atoms with Crippen LogP contribution < -0.4 is 5.73 Å². The fourth-order valence-electron chi connectivity index (χ4n) is 5.07. The van der Waals surface area contributed by atoms with Crippen molar-refractivity contribution in [2.45, 2.75) is 69.5 Å². The lowest BCUT2D eigenvalue weighted by atomic mass is 9.68. The average Bonchev–Trinajstić information content (AvgIpc) is 3.66. The van der Waals surface area contributed by atoms with Crippen LogP contribution in [-0.4, -0.2) is 49.2 Å². The van der Waals surface area contributed by atoms with Crippen molar-refractivity contribution in [3.8, 4) is 0 Å². The van der Waals surface area contributed by atoms with Crippen LogP contribution in [0.1, 0.15) is 45.6 Å². The Kier molecular flexibility index (Phi) is 6.43. The molecular formula is C25H32ClNO5. The van der Waals surface area contributed by atoms with Gasteiger partial charge in [0.15, 0.2) is 0 Å². The number of nitrogens with two attached hydrogens (primary N) is 1. The van der Waals surface area contributed by atoms with Crippen molar-refractivity contribution in [3.05, 3.63) is 46.5 Å². The van der Waals surface area contributed by atoms with Crippen molar-refractivity contribution < 1.29 is 23.7 Å². The molecule has 1 aromatic rings. The first-order chi connectivity index (χ1) is 15.2. The lowest BCUT2D eigenvalue weighted by Gasteiger charge is -2.42. The smallest absolute Gasteiger partial charge is 0.331 e. The minimum absolute atomic E-state index is 0.00185. The van der Waals surface area contributed by atoms with Gasteiger partial charge in [0.25, 0.3) is 0 Å². The standard InChI is InChI=1S/C25H32ClNO5/c1-15(2)5-9-20-24(3,32-20)23-22(29-4)19(11-12-25(23)14-30-25)31-21(28)10-7-16-6-8-18(27)17(26)13-16/h5-8,10,13,19-20,22-23H,9,11-12,14,27H2,1-4H3/b10-7+/t19-,20-,22-,23-,24+,25+/m1/s1. The second-order valence-corrected chi connectivity index (χ2v) is 9.87. The number of nitrogen functional groups attached to an aromatic ring is 1. The Bertz CT molecular complexity index is 936. The molecule has 3 fully saturated rings. The summed E-state index contributed by atoms with van der Waals surface area (Å²) in [6.07, 6.45) is 7.11. The second-order valence-electron chi connectivity index (χ2n) is 9.47. The third kappa shape index (κ3) is 4.60. The van der Waals surface area contributed by atoms with E-state index in [0.29, 0.717) is 23.7 Å². The summed E-state index contributed by atoms with van der Waals surface area (Å²) in [5, 5.41) is 0.449. The number of benzene rings is 1. The molecule has 174 valence electrons. The van der Waals surface area contributed by atoms with E-state index in [9.17, 15) is 4.79 Å². The van der Waals surface area contributed by atoms with Gasteiger partial charge in [0.05, 0.1) is 29.3 Å². The third-order valence-electron chi connectivity index (χ3n) is 6.94. The van der Waals surface area contributed by atoms with Crippen LogP contribution >= 0.6 is 11.6 Å². The molecule has 1 aromatic carbocycles. The third-order valence-corrected chi connectivity index (χ3v) is 7.27. The molecule has 3 aliphatic rings. The van der Waals surface area contributed by atoms with Gasteiger partial charge in [-0.1, -0.05) is 29.3 Å². The van der Waals surface area contributed by atoms with Crippen LogP contribution in [-0.2, 0) is 23.7 Å². The number of ether oxygens (including phenoxy) is 4. The summed E-state index contributed by atoms with van der Waals surface area (Å²) in [6, 6.07) is 5.21. The molecule has 0 bridgehead atoms. The molecule has 6 nitrogen and oxygen atoms in total. The van der Waals surface area contributed by atoms with Gasteiger partial charge in [-0.05, 0) is 63.8 Å². The van der Waals surface area contributed by atoms with Crippen LogP contribution in [0.3, 0.4) is 0 Å².